The van der Waals surface area contributed by atoms with Crippen molar-refractivity contribution in [2.45, 2.75) is 52.4 Å². The number of hydrogen-bond donors (Lipinski definition) is 1. The number of anilines is 1. The molecule has 0 radical (unpaired) electrons. The molecule has 3 nitrogen and oxygen atoms in total. The second-order valence-electron chi connectivity index (χ2n) is 8.57. The van der Waals surface area contributed by atoms with Gasteiger partial charge in [-0.05, 0) is 40.7 Å². The van der Waals surface area contributed by atoms with Gasteiger partial charge in [0.15, 0.2) is 0 Å². The smallest absolute Gasteiger partial charge is 0.123 e. The van der Waals surface area contributed by atoms with Gasteiger partial charge in [0.05, 0.1) is 11.9 Å². The van der Waals surface area contributed by atoms with Crippen LogP contribution in [-0.2, 0) is 10.8 Å². The predicted molar refractivity (Wildman–Crippen MR) is 108 cm³/mol. The molecule has 2 aromatic rings. The van der Waals surface area contributed by atoms with Crippen LogP contribution in [0.2, 0.25) is 0 Å². The van der Waals surface area contributed by atoms with Gasteiger partial charge in [0, 0.05) is 18.2 Å². The third-order valence-electron chi connectivity index (χ3n) is 4.26. The van der Waals surface area contributed by atoms with E-state index in [1.54, 1.807) is 0 Å². The van der Waals surface area contributed by atoms with Crippen LogP contribution >= 0.6 is 0 Å². The van der Waals surface area contributed by atoms with Crippen LogP contribution in [-0.4, -0.2) is 18.4 Å². The molecule has 0 saturated heterocycles. The normalized spacial score (nSPS) is 12.6. The molecule has 2 rings (SSSR count). The molecule has 0 fully saturated rings. The first-order valence-corrected chi connectivity index (χ1v) is 8.71. The number of phenolic OH excluding ortho intramolecular Hbond substituents is 1. The quantitative estimate of drug-likeness (QED) is 0.596. The summed E-state index contributed by atoms with van der Waals surface area (Å²) in [7, 11) is 1.93. The van der Waals surface area contributed by atoms with E-state index < -0.39 is 0 Å². The average molecular weight is 338 g/mol. The molecule has 2 aromatic carbocycles. The van der Waals surface area contributed by atoms with Gasteiger partial charge in [-0.15, -0.1) is 0 Å². The lowest BCUT2D eigenvalue weighted by Gasteiger charge is -2.27. The highest BCUT2D eigenvalue weighted by molar-refractivity contribution is 5.82. The van der Waals surface area contributed by atoms with Gasteiger partial charge < -0.3 is 5.11 Å². The maximum atomic E-state index is 10.8. The first-order chi connectivity index (χ1) is 11.5. The van der Waals surface area contributed by atoms with E-state index in [4.69, 9.17) is 0 Å². The van der Waals surface area contributed by atoms with Crippen molar-refractivity contribution in [3.63, 3.8) is 0 Å². The van der Waals surface area contributed by atoms with Crippen molar-refractivity contribution in [1.29, 1.82) is 0 Å². The molecule has 0 amide bonds. The fourth-order valence-corrected chi connectivity index (χ4v) is 2.74. The third-order valence-corrected chi connectivity index (χ3v) is 4.26. The molecule has 0 aliphatic heterocycles. The molecule has 25 heavy (non-hydrogen) atoms. The Morgan fingerprint density at radius 1 is 0.880 bits per heavy atom. The van der Waals surface area contributed by atoms with E-state index in [1.807, 2.05) is 60.7 Å². The Balaban J connectivity index is 2.46. The molecule has 3 heteroatoms. The molecule has 0 unspecified atom stereocenters. The van der Waals surface area contributed by atoms with Crippen LogP contribution in [0.4, 0.5) is 5.69 Å². The van der Waals surface area contributed by atoms with Crippen LogP contribution in [0.3, 0.4) is 0 Å². The van der Waals surface area contributed by atoms with Crippen LogP contribution in [0.15, 0.2) is 47.6 Å². The molecule has 0 saturated carbocycles. The summed E-state index contributed by atoms with van der Waals surface area (Å²) in [4.78, 5) is 0. The van der Waals surface area contributed by atoms with E-state index in [0.29, 0.717) is 5.75 Å². The maximum Gasteiger partial charge on any atom is 0.123 e. The third kappa shape index (κ3) is 4.62. The van der Waals surface area contributed by atoms with E-state index in [-0.39, 0.29) is 10.8 Å². The van der Waals surface area contributed by atoms with Crippen LogP contribution < -0.4 is 5.01 Å². The van der Waals surface area contributed by atoms with Gasteiger partial charge in [-0.1, -0.05) is 59.7 Å². The Hall–Kier alpha value is -2.29. The zero-order valence-corrected chi connectivity index (χ0v) is 16.5. The number of benzene rings is 2. The molecule has 0 aliphatic rings. The van der Waals surface area contributed by atoms with E-state index in [9.17, 15) is 5.11 Å². The van der Waals surface area contributed by atoms with Crippen molar-refractivity contribution >= 4 is 11.9 Å². The van der Waals surface area contributed by atoms with Gasteiger partial charge in [-0.3, -0.25) is 5.01 Å². The molecule has 0 bridgehead atoms. The summed E-state index contributed by atoms with van der Waals surface area (Å²) in [5, 5.41) is 17.2. The summed E-state index contributed by atoms with van der Waals surface area (Å²) in [5.74, 6) is 0.397. The Bertz CT molecular complexity index is 715. The Morgan fingerprint density at radius 3 is 1.80 bits per heavy atom. The number of nitrogens with zero attached hydrogens (tertiary/aromatic N) is 2. The monoisotopic (exact) mass is 338 g/mol. The minimum Gasteiger partial charge on any atom is -0.507 e. The van der Waals surface area contributed by atoms with Gasteiger partial charge in [0.2, 0.25) is 0 Å². The van der Waals surface area contributed by atoms with Crippen molar-refractivity contribution in [1.82, 2.24) is 0 Å². The van der Waals surface area contributed by atoms with Crippen LogP contribution in [0, 0.1) is 0 Å². The van der Waals surface area contributed by atoms with E-state index in [0.717, 1.165) is 22.4 Å². The van der Waals surface area contributed by atoms with Crippen molar-refractivity contribution in [2.75, 3.05) is 12.1 Å². The molecule has 0 spiro atoms. The predicted octanol–water partition coefficient (Wildman–Crippen LogP) is 5.46. The van der Waals surface area contributed by atoms with Gasteiger partial charge in [-0.2, -0.15) is 5.10 Å². The van der Waals surface area contributed by atoms with Crippen molar-refractivity contribution < 1.29 is 5.11 Å². The molecule has 0 heterocycles. The number of aromatic hydroxyl groups is 1. The topological polar surface area (TPSA) is 35.8 Å². The second-order valence-corrected chi connectivity index (χ2v) is 8.57. The maximum absolute atomic E-state index is 10.8. The van der Waals surface area contributed by atoms with Gasteiger partial charge in [0.25, 0.3) is 0 Å². The summed E-state index contributed by atoms with van der Waals surface area (Å²) < 4.78 is 0. The molecular formula is C22H30N2O. The lowest BCUT2D eigenvalue weighted by atomic mass is 9.78. The standard InChI is InChI=1S/C22H30N2O/c1-21(2,3)18-13-16(14-19(20(18)25)22(4,5)6)15-23-24(7)17-11-9-8-10-12-17/h8-15,25H,1-7H3. The summed E-state index contributed by atoms with van der Waals surface area (Å²) in [5.41, 5.74) is 3.64. The fraction of sp³-hybridized carbons (Fsp3) is 0.409. The summed E-state index contributed by atoms with van der Waals surface area (Å²) in [6, 6.07) is 14.1. The number of hydrogen-bond acceptors (Lipinski definition) is 3. The lowest BCUT2D eigenvalue weighted by Crippen LogP contribution is -2.18. The summed E-state index contributed by atoms with van der Waals surface area (Å²) >= 11 is 0. The summed E-state index contributed by atoms with van der Waals surface area (Å²) in [6.07, 6.45) is 1.86. The van der Waals surface area contributed by atoms with Crippen molar-refractivity contribution in [3.8, 4) is 5.75 Å². The number of phenols is 1. The van der Waals surface area contributed by atoms with Gasteiger partial charge >= 0.3 is 0 Å². The highest BCUT2D eigenvalue weighted by atomic mass is 16.3. The average Bonchev–Trinajstić information content (AvgIpc) is 2.52. The molecule has 0 aliphatic carbocycles. The minimum absolute atomic E-state index is 0.140. The number of para-hydroxylation sites is 1. The van der Waals surface area contributed by atoms with Crippen molar-refractivity contribution in [2.24, 2.45) is 5.10 Å². The van der Waals surface area contributed by atoms with Gasteiger partial charge in [-0.25, -0.2) is 0 Å². The lowest BCUT2D eigenvalue weighted by molar-refractivity contribution is 0.423. The van der Waals surface area contributed by atoms with Crippen LogP contribution in [0.5, 0.6) is 5.75 Å². The molecule has 1 N–H and O–H groups in total. The Kier molecular flexibility index (Phi) is 5.26. The Labute approximate surface area is 152 Å². The molecule has 0 aromatic heterocycles. The van der Waals surface area contributed by atoms with E-state index in [1.165, 1.54) is 0 Å². The number of rotatable bonds is 3. The fourth-order valence-electron chi connectivity index (χ4n) is 2.74. The largest absolute Gasteiger partial charge is 0.507 e. The second kappa shape index (κ2) is 6.91. The molecular weight excluding hydrogens is 308 g/mol. The van der Waals surface area contributed by atoms with Crippen LogP contribution in [0.25, 0.3) is 0 Å². The molecule has 0 atom stereocenters. The zero-order valence-electron chi connectivity index (χ0n) is 16.5. The number of hydrazone groups is 1. The van der Waals surface area contributed by atoms with Crippen molar-refractivity contribution in [3.05, 3.63) is 59.2 Å². The first kappa shape index (κ1) is 19.0. The Morgan fingerprint density at radius 2 is 1.36 bits per heavy atom. The minimum atomic E-state index is -0.140. The molecule has 134 valence electrons. The van der Waals surface area contributed by atoms with Gasteiger partial charge in [0.1, 0.15) is 5.75 Å². The summed E-state index contributed by atoms with van der Waals surface area (Å²) in [6.45, 7) is 12.7. The first-order valence-electron chi connectivity index (χ1n) is 8.71. The highest BCUT2D eigenvalue weighted by Crippen LogP contribution is 2.39. The van der Waals surface area contributed by atoms with E-state index in [2.05, 4.69) is 46.6 Å². The van der Waals surface area contributed by atoms with Crippen LogP contribution in [0.1, 0.15) is 58.2 Å². The zero-order chi connectivity index (χ0) is 18.8. The van der Waals surface area contributed by atoms with E-state index >= 15 is 0 Å². The highest BCUT2D eigenvalue weighted by Gasteiger charge is 2.26. The SMILES string of the molecule is CN(N=Cc1cc(C(C)(C)C)c(O)c(C(C)(C)C)c1)c1ccccc1.